The number of hydrogen-bond donors (Lipinski definition) is 1. The van der Waals surface area contributed by atoms with Crippen LogP contribution in [0.4, 0.5) is 11.6 Å². The van der Waals surface area contributed by atoms with E-state index in [9.17, 15) is 8.42 Å². The molecule has 1 aromatic heterocycles. The third-order valence-electron chi connectivity index (χ3n) is 3.73. The zero-order valence-electron chi connectivity index (χ0n) is 15.2. The minimum atomic E-state index is -3.82. The summed E-state index contributed by atoms with van der Waals surface area (Å²) in [6, 6.07) is 16.0. The highest BCUT2D eigenvalue weighted by Crippen LogP contribution is 2.29. The molecule has 0 fully saturated rings. The van der Waals surface area contributed by atoms with E-state index in [1.807, 2.05) is 37.3 Å². The average Bonchev–Trinajstić information content (AvgIpc) is 3.08. The van der Waals surface area contributed by atoms with Gasteiger partial charge in [-0.3, -0.25) is 5.43 Å². The number of oxazole rings is 1. The van der Waals surface area contributed by atoms with Crippen LogP contribution in [0.25, 0.3) is 0 Å². The van der Waals surface area contributed by atoms with E-state index in [0.29, 0.717) is 0 Å². The van der Waals surface area contributed by atoms with Crippen LogP contribution in [0.1, 0.15) is 11.5 Å². The van der Waals surface area contributed by atoms with Gasteiger partial charge in [0.1, 0.15) is 6.21 Å². The zero-order valence-corrected chi connectivity index (χ0v) is 16.1. The summed E-state index contributed by atoms with van der Waals surface area (Å²) in [7, 11) is -0.432. The summed E-state index contributed by atoms with van der Waals surface area (Å²) in [5.74, 6) is 0.240. The first-order chi connectivity index (χ1) is 12.9. The molecule has 7 nitrogen and oxygen atoms in total. The van der Waals surface area contributed by atoms with Crippen molar-refractivity contribution in [3.05, 3.63) is 66.1 Å². The Bertz CT molecular complexity index is 1040. The summed E-state index contributed by atoms with van der Waals surface area (Å²) in [6.45, 7) is 1.89. The third-order valence-corrected chi connectivity index (χ3v) is 5.40. The lowest BCUT2D eigenvalue weighted by Crippen LogP contribution is -2.13. The number of sulfone groups is 1. The number of benzene rings is 2. The van der Waals surface area contributed by atoms with E-state index >= 15 is 0 Å². The van der Waals surface area contributed by atoms with Crippen molar-refractivity contribution in [1.82, 2.24) is 4.98 Å². The first-order valence-electron chi connectivity index (χ1n) is 8.22. The molecule has 1 N–H and O–H groups in total. The molecule has 140 valence electrons. The van der Waals surface area contributed by atoms with Crippen molar-refractivity contribution >= 4 is 27.6 Å². The lowest BCUT2D eigenvalue weighted by molar-refractivity contribution is 0.544. The second-order valence-electron chi connectivity index (χ2n) is 6.11. The lowest BCUT2D eigenvalue weighted by Gasteiger charge is -2.10. The second-order valence-corrected chi connectivity index (χ2v) is 7.97. The third kappa shape index (κ3) is 4.17. The SMILES string of the molecule is Cc1ccc(S(=O)(=O)c2nc(/C=N/Nc3ccccc3)oc2N(C)C)cc1. The van der Waals surface area contributed by atoms with Crippen LogP contribution in [0.5, 0.6) is 0 Å². The lowest BCUT2D eigenvalue weighted by atomic mass is 10.2. The van der Waals surface area contributed by atoms with Gasteiger partial charge < -0.3 is 9.32 Å². The van der Waals surface area contributed by atoms with Gasteiger partial charge in [-0.1, -0.05) is 35.9 Å². The van der Waals surface area contributed by atoms with Crippen molar-refractivity contribution in [2.45, 2.75) is 16.8 Å². The molecule has 8 heteroatoms. The molecule has 0 aliphatic heterocycles. The fraction of sp³-hybridized carbons (Fsp3) is 0.158. The number of nitrogens with one attached hydrogen (secondary N) is 1. The van der Waals surface area contributed by atoms with Gasteiger partial charge in [-0.2, -0.15) is 10.1 Å². The van der Waals surface area contributed by atoms with E-state index in [2.05, 4.69) is 15.5 Å². The quantitative estimate of drug-likeness (QED) is 0.518. The number of para-hydroxylation sites is 1. The van der Waals surface area contributed by atoms with Crippen LogP contribution in [0.2, 0.25) is 0 Å². The standard InChI is InChI=1S/C19H20N4O3S/c1-14-9-11-16(12-10-14)27(24,25)18-19(23(2)3)26-17(21-18)13-20-22-15-7-5-4-6-8-15/h4-13,22H,1-3H3/b20-13+. The first-order valence-corrected chi connectivity index (χ1v) is 9.70. The molecule has 0 atom stereocenters. The Balaban J connectivity index is 1.92. The summed E-state index contributed by atoms with van der Waals surface area (Å²) in [5.41, 5.74) is 4.60. The molecular weight excluding hydrogens is 364 g/mol. The Morgan fingerprint density at radius 3 is 2.37 bits per heavy atom. The van der Waals surface area contributed by atoms with E-state index in [-0.39, 0.29) is 21.7 Å². The maximum absolute atomic E-state index is 13.0. The van der Waals surface area contributed by atoms with Crippen molar-refractivity contribution in [3.63, 3.8) is 0 Å². The zero-order chi connectivity index (χ0) is 19.4. The van der Waals surface area contributed by atoms with E-state index in [0.717, 1.165) is 11.3 Å². The summed E-state index contributed by atoms with van der Waals surface area (Å²) in [5, 5.41) is 3.91. The highest BCUT2D eigenvalue weighted by Gasteiger charge is 2.28. The largest absolute Gasteiger partial charge is 0.418 e. The molecule has 27 heavy (non-hydrogen) atoms. The Kier molecular flexibility index (Phi) is 5.27. The number of nitrogens with zero attached hydrogens (tertiary/aromatic N) is 3. The summed E-state index contributed by atoms with van der Waals surface area (Å²) in [6.07, 6.45) is 1.34. The van der Waals surface area contributed by atoms with Crippen molar-refractivity contribution in [1.29, 1.82) is 0 Å². The van der Waals surface area contributed by atoms with E-state index in [4.69, 9.17) is 4.42 Å². The van der Waals surface area contributed by atoms with Crippen LogP contribution in [0.15, 0.2) is 74.0 Å². The highest BCUT2D eigenvalue weighted by atomic mass is 32.2. The molecule has 0 unspecified atom stereocenters. The number of hydrazone groups is 1. The minimum absolute atomic E-state index is 0.0906. The molecule has 0 aliphatic carbocycles. The predicted octanol–water partition coefficient (Wildman–Crippen LogP) is 3.33. The number of rotatable bonds is 6. The fourth-order valence-corrected chi connectivity index (χ4v) is 3.71. The van der Waals surface area contributed by atoms with Gasteiger partial charge >= 0.3 is 0 Å². The van der Waals surface area contributed by atoms with Gasteiger partial charge in [0.2, 0.25) is 26.6 Å². The highest BCUT2D eigenvalue weighted by molar-refractivity contribution is 7.91. The van der Waals surface area contributed by atoms with Crippen LogP contribution in [0, 0.1) is 6.92 Å². The van der Waals surface area contributed by atoms with Gasteiger partial charge in [0, 0.05) is 14.1 Å². The summed E-state index contributed by atoms with van der Waals surface area (Å²) >= 11 is 0. The second kappa shape index (κ2) is 7.63. The minimum Gasteiger partial charge on any atom is -0.418 e. The Morgan fingerprint density at radius 2 is 1.74 bits per heavy atom. The van der Waals surface area contributed by atoms with Crippen LogP contribution in [0.3, 0.4) is 0 Å². The number of hydrogen-bond acceptors (Lipinski definition) is 7. The molecule has 0 aliphatic rings. The monoisotopic (exact) mass is 384 g/mol. The van der Waals surface area contributed by atoms with Gasteiger partial charge in [0.05, 0.1) is 10.6 Å². The van der Waals surface area contributed by atoms with Crippen LogP contribution >= 0.6 is 0 Å². The van der Waals surface area contributed by atoms with E-state index in [1.165, 1.54) is 6.21 Å². The summed E-state index contributed by atoms with van der Waals surface area (Å²) < 4.78 is 31.5. The van der Waals surface area contributed by atoms with Gasteiger partial charge in [0.15, 0.2) is 0 Å². The van der Waals surface area contributed by atoms with Crippen molar-refractivity contribution in [2.24, 2.45) is 5.10 Å². The van der Waals surface area contributed by atoms with Crippen molar-refractivity contribution in [3.8, 4) is 0 Å². The van der Waals surface area contributed by atoms with Gasteiger partial charge in [0.25, 0.3) is 0 Å². The molecule has 0 saturated carbocycles. The Hall–Kier alpha value is -3.13. The molecule has 2 aromatic carbocycles. The molecule has 0 saturated heterocycles. The Morgan fingerprint density at radius 1 is 1.07 bits per heavy atom. The molecule has 0 amide bonds. The van der Waals surface area contributed by atoms with Crippen LogP contribution < -0.4 is 10.3 Å². The first kappa shape index (κ1) is 18.7. The summed E-state index contributed by atoms with van der Waals surface area (Å²) in [4.78, 5) is 5.88. The Labute approximate surface area is 158 Å². The van der Waals surface area contributed by atoms with Crippen molar-refractivity contribution < 1.29 is 12.8 Å². The molecule has 0 spiro atoms. The van der Waals surface area contributed by atoms with Gasteiger partial charge in [-0.05, 0) is 31.2 Å². The smallest absolute Gasteiger partial charge is 0.243 e. The van der Waals surface area contributed by atoms with Crippen molar-refractivity contribution in [2.75, 3.05) is 24.4 Å². The molecular formula is C19H20N4O3S. The molecule has 3 rings (SSSR count). The topological polar surface area (TPSA) is 87.8 Å². The maximum Gasteiger partial charge on any atom is 0.243 e. The van der Waals surface area contributed by atoms with Crippen LogP contribution in [-0.2, 0) is 9.84 Å². The van der Waals surface area contributed by atoms with Gasteiger partial charge in [-0.15, -0.1) is 0 Å². The normalized spacial score (nSPS) is 11.7. The molecule has 1 heterocycles. The molecule has 3 aromatic rings. The van der Waals surface area contributed by atoms with Gasteiger partial charge in [-0.25, -0.2) is 8.42 Å². The molecule has 0 radical (unpaired) electrons. The molecule has 0 bridgehead atoms. The maximum atomic E-state index is 13.0. The number of aryl methyl sites for hydroxylation is 1. The van der Waals surface area contributed by atoms with Crippen LogP contribution in [-0.4, -0.2) is 33.7 Å². The van der Waals surface area contributed by atoms with E-state index in [1.54, 1.807) is 43.3 Å². The van der Waals surface area contributed by atoms with E-state index < -0.39 is 9.84 Å². The predicted molar refractivity (Wildman–Crippen MR) is 105 cm³/mol. The number of aromatic nitrogens is 1. The number of anilines is 2. The fourth-order valence-electron chi connectivity index (χ4n) is 2.33. The average molecular weight is 384 g/mol.